The number of hydrogen-bond donors (Lipinski definition) is 0. The van der Waals surface area contributed by atoms with Crippen LogP contribution in [0.2, 0.25) is 5.02 Å². The summed E-state index contributed by atoms with van der Waals surface area (Å²) in [5, 5.41) is 0.889. The summed E-state index contributed by atoms with van der Waals surface area (Å²) < 4.78 is 1.05. The van der Waals surface area contributed by atoms with Gasteiger partial charge in [0.2, 0.25) is 0 Å². The van der Waals surface area contributed by atoms with Gasteiger partial charge in [-0.1, -0.05) is 56.5 Å². The maximum absolute atomic E-state index is 6.25. The van der Waals surface area contributed by atoms with Gasteiger partial charge < -0.3 is 0 Å². The fraction of sp³-hybridized carbons (Fsp3) is 0.538. The van der Waals surface area contributed by atoms with Gasteiger partial charge in [-0.15, -0.1) is 0 Å². The molecule has 1 aliphatic rings. The first-order chi connectivity index (χ1) is 7.58. The van der Waals surface area contributed by atoms with Gasteiger partial charge in [0, 0.05) is 14.3 Å². The third-order valence-electron chi connectivity index (χ3n) is 3.62. The second-order valence-corrected chi connectivity index (χ2v) is 7.15. The van der Waals surface area contributed by atoms with Crippen molar-refractivity contribution < 1.29 is 0 Å². The van der Waals surface area contributed by atoms with Gasteiger partial charge in [-0.05, 0) is 48.8 Å². The largest absolute Gasteiger partial charge is 0.0888 e. The SMILES string of the molecule is CC1C(Br)CCC1Cc1ccc(Br)cc1Cl. The zero-order valence-corrected chi connectivity index (χ0v) is 13.1. The van der Waals surface area contributed by atoms with Crippen LogP contribution in [0.25, 0.3) is 0 Å². The molecule has 1 saturated carbocycles. The minimum Gasteiger partial charge on any atom is -0.0888 e. The minimum absolute atomic E-state index is 0.687. The molecule has 0 amide bonds. The third-order valence-corrected chi connectivity index (χ3v) is 5.76. The van der Waals surface area contributed by atoms with E-state index in [4.69, 9.17) is 11.6 Å². The van der Waals surface area contributed by atoms with E-state index in [1.54, 1.807) is 0 Å². The molecule has 0 aliphatic heterocycles. The van der Waals surface area contributed by atoms with Gasteiger partial charge in [0.15, 0.2) is 0 Å². The van der Waals surface area contributed by atoms with Crippen LogP contribution >= 0.6 is 43.5 Å². The molecule has 0 spiro atoms. The van der Waals surface area contributed by atoms with E-state index in [0.717, 1.165) is 27.8 Å². The predicted octanol–water partition coefficient (Wildman–Crippen LogP) is 5.45. The molecule has 3 unspecified atom stereocenters. The highest BCUT2D eigenvalue weighted by Gasteiger charge is 2.31. The average molecular weight is 367 g/mol. The molecule has 2 rings (SSSR count). The Balaban J connectivity index is 2.09. The van der Waals surface area contributed by atoms with Gasteiger partial charge >= 0.3 is 0 Å². The van der Waals surface area contributed by atoms with Crippen LogP contribution in [-0.2, 0) is 6.42 Å². The van der Waals surface area contributed by atoms with Crippen LogP contribution in [-0.4, -0.2) is 4.83 Å². The molecule has 1 aromatic carbocycles. The third kappa shape index (κ3) is 2.83. The topological polar surface area (TPSA) is 0 Å². The Morgan fingerprint density at radius 2 is 2.12 bits per heavy atom. The molecule has 0 nitrogen and oxygen atoms in total. The Kier molecular flexibility index (Phi) is 4.37. The van der Waals surface area contributed by atoms with E-state index in [1.165, 1.54) is 18.4 Å². The Hall–Kier alpha value is 0.470. The molecule has 1 aliphatic carbocycles. The second kappa shape index (κ2) is 5.41. The molecule has 1 aromatic rings. The first-order valence-electron chi connectivity index (χ1n) is 5.66. The zero-order chi connectivity index (χ0) is 11.7. The average Bonchev–Trinajstić information content (AvgIpc) is 2.54. The van der Waals surface area contributed by atoms with Crippen LogP contribution in [0.1, 0.15) is 25.3 Å². The summed E-state index contributed by atoms with van der Waals surface area (Å²) in [6, 6.07) is 6.20. The van der Waals surface area contributed by atoms with Crippen molar-refractivity contribution in [2.24, 2.45) is 11.8 Å². The smallest absolute Gasteiger partial charge is 0.0449 e. The minimum atomic E-state index is 0.687. The van der Waals surface area contributed by atoms with Gasteiger partial charge in [-0.2, -0.15) is 0 Å². The first kappa shape index (κ1) is 12.9. The van der Waals surface area contributed by atoms with Crippen LogP contribution in [0.5, 0.6) is 0 Å². The fourth-order valence-electron chi connectivity index (χ4n) is 2.45. The van der Waals surface area contributed by atoms with Crippen molar-refractivity contribution >= 4 is 43.5 Å². The Morgan fingerprint density at radius 3 is 2.69 bits per heavy atom. The van der Waals surface area contributed by atoms with Crippen LogP contribution in [0, 0.1) is 11.8 Å². The van der Waals surface area contributed by atoms with Crippen LogP contribution in [0.3, 0.4) is 0 Å². The highest BCUT2D eigenvalue weighted by Crippen LogP contribution is 2.39. The summed E-state index contributed by atoms with van der Waals surface area (Å²) in [6.45, 7) is 2.34. The number of alkyl halides is 1. The Labute approximate surface area is 119 Å². The number of rotatable bonds is 2. The standard InChI is InChI=1S/C13H15Br2Cl/c1-8-9(3-5-12(8)15)6-10-2-4-11(14)7-13(10)16/h2,4,7-9,12H,3,5-6H2,1H3. The molecule has 0 radical (unpaired) electrons. The lowest BCUT2D eigenvalue weighted by molar-refractivity contribution is 0.423. The highest BCUT2D eigenvalue weighted by atomic mass is 79.9. The van der Waals surface area contributed by atoms with Crippen molar-refractivity contribution in [1.29, 1.82) is 0 Å². The molecule has 3 atom stereocenters. The zero-order valence-electron chi connectivity index (χ0n) is 9.22. The highest BCUT2D eigenvalue weighted by molar-refractivity contribution is 9.10. The molecule has 16 heavy (non-hydrogen) atoms. The van der Waals surface area contributed by atoms with E-state index in [1.807, 2.05) is 6.07 Å². The maximum Gasteiger partial charge on any atom is 0.0449 e. The molecular formula is C13H15Br2Cl. The molecule has 0 aromatic heterocycles. The lowest BCUT2D eigenvalue weighted by Crippen LogP contribution is -2.13. The summed E-state index contributed by atoms with van der Waals surface area (Å²) in [4.78, 5) is 0.687. The maximum atomic E-state index is 6.25. The van der Waals surface area contributed by atoms with Crippen LogP contribution < -0.4 is 0 Å². The number of benzene rings is 1. The Morgan fingerprint density at radius 1 is 1.38 bits per heavy atom. The fourth-order valence-corrected chi connectivity index (χ4v) is 3.90. The lowest BCUT2D eigenvalue weighted by Gasteiger charge is -2.18. The van der Waals surface area contributed by atoms with E-state index in [-0.39, 0.29) is 0 Å². The van der Waals surface area contributed by atoms with Gasteiger partial charge in [0.05, 0.1) is 0 Å². The molecule has 0 heterocycles. The van der Waals surface area contributed by atoms with Crippen molar-refractivity contribution in [1.82, 2.24) is 0 Å². The van der Waals surface area contributed by atoms with E-state index < -0.39 is 0 Å². The number of hydrogen-bond acceptors (Lipinski definition) is 0. The van der Waals surface area contributed by atoms with Crippen molar-refractivity contribution in [2.45, 2.75) is 31.0 Å². The van der Waals surface area contributed by atoms with Gasteiger partial charge in [0.1, 0.15) is 0 Å². The first-order valence-corrected chi connectivity index (χ1v) is 7.74. The van der Waals surface area contributed by atoms with Crippen molar-refractivity contribution in [3.05, 3.63) is 33.3 Å². The molecule has 1 fully saturated rings. The second-order valence-electron chi connectivity index (χ2n) is 4.65. The van der Waals surface area contributed by atoms with E-state index in [9.17, 15) is 0 Å². The van der Waals surface area contributed by atoms with Crippen LogP contribution in [0.4, 0.5) is 0 Å². The summed E-state index contributed by atoms with van der Waals surface area (Å²) in [6.07, 6.45) is 3.71. The van der Waals surface area contributed by atoms with E-state index >= 15 is 0 Å². The van der Waals surface area contributed by atoms with Crippen molar-refractivity contribution in [3.8, 4) is 0 Å². The van der Waals surface area contributed by atoms with Gasteiger partial charge in [0.25, 0.3) is 0 Å². The summed E-state index contributed by atoms with van der Waals surface area (Å²) >= 11 is 13.4. The molecule has 88 valence electrons. The summed E-state index contributed by atoms with van der Waals surface area (Å²) in [5.41, 5.74) is 1.28. The summed E-state index contributed by atoms with van der Waals surface area (Å²) in [7, 11) is 0. The Bertz CT molecular complexity index is 378. The molecule has 3 heteroatoms. The van der Waals surface area contributed by atoms with Gasteiger partial charge in [-0.3, -0.25) is 0 Å². The summed E-state index contributed by atoms with van der Waals surface area (Å²) in [5.74, 6) is 1.52. The van der Waals surface area contributed by atoms with Crippen molar-refractivity contribution in [2.75, 3.05) is 0 Å². The normalized spacial score (nSPS) is 29.6. The quantitative estimate of drug-likeness (QED) is 0.610. The lowest BCUT2D eigenvalue weighted by atomic mass is 9.91. The molecule has 0 N–H and O–H groups in total. The van der Waals surface area contributed by atoms with Crippen molar-refractivity contribution in [3.63, 3.8) is 0 Å². The van der Waals surface area contributed by atoms with Crippen LogP contribution in [0.15, 0.2) is 22.7 Å². The monoisotopic (exact) mass is 364 g/mol. The van der Waals surface area contributed by atoms with E-state index in [0.29, 0.717) is 4.83 Å². The van der Waals surface area contributed by atoms with E-state index in [2.05, 4.69) is 50.9 Å². The number of halogens is 3. The molecule has 0 saturated heterocycles. The predicted molar refractivity (Wildman–Crippen MR) is 77.5 cm³/mol. The van der Waals surface area contributed by atoms with Gasteiger partial charge in [-0.25, -0.2) is 0 Å². The molecular weight excluding hydrogens is 351 g/mol. The molecule has 0 bridgehead atoms.